The highest BCUT2D eigenvalue weighted by atomic mass is 16.7. The van der Waals surface area contributed by atoms with Crippen LogP contribution >= 0.6 is 0 Å². The molecule has 1 amide bonds. The van der Waals surface area contributed by atoms with Crippen LogP contribution in [0, 0.1) is 0 Å². The van der Waals surface area contributed by atoms with E-state index in [0.717, 1.165) is 24.3 Å². The van der Waals surface area contributed by atoms with Crippen LogP contribution in [0.5, 0.6) is 11.5 Å². The zero-order valence-electron chi connectivity index (χ0n) is 13.8. The number of ether oxygens (including phenoxy) is 2. The molecule has 2 aromatic heterocycles. The van der Waals surface area contributed by atoms with Crippen molar-refractivity contribution in [2.75, 3.05) is 6.79 Å². The number of hydrogen-bond acceptors (Lipinski definition) is 5. The van der Waals surface area contributed by atoms with Crippen LogP contribution in [0.3, 0.4) is 0 Å². The summed E-state index contributed by atoms with van der Waals surface area (Å²) in [5.41, 5.74) is 1.29. The second-order valence-corrected chi connectivity index (χ2v) is 5.87. The Bertz CT molecular complexity index is 922. The Morgan fingerprint density at radius 2 is 2.12 bits per heavy atom. The molecule has 1 atom stereocenters. The number of carbonyl (C=O) groups is 1. The molecule has 0 fully saturated rings. The zero-order valence-corrected chi connectivity index (χ0v) is 13.8. The molecular formula is C18H18N4O3. The number of aromatic nitrogens is 3. The highest BCUT2D eigenvalue weighted by molar-refractivity contribution is 5.95. The number of nitrogens with one attached hydrogen (secondary N) is 1. The fourth-order valence-corrected chi connectivity index (χ4v) is 2.93. The monoisotopic (exact) mass is 338 g/mol. The van der Waals surface area contributed by atoms with Crippen LogP contribution in [0.25, 0.3) is 5.65 Å². The molecule has 128 valence electrons. The van der Waals surface area contributed by atoms with E-state index in [1.54, 1.807) is 18.2 Å². The lowest BCUT2D eigenvalue weighted by Gasteiger charge is -2.17. The van der Waals surface area contributed by atoms with E-state index in [4.69, 9.17) is 9.47 Å². The van der Waals surface area contributed by atoms with Crippen LogP contribution in [-0.2, 0) is 0 Å². The summed E-state index contributed by atoms with van der Waals surface area (Å²) in [6.45, 7) is 2.26. The smallest absolute Gasteiger partial charge is 0.252 e. The molecule has 0 saturated carbocycles. The zero-order chi connectivity index (χ0) is 17.2. The molecule has 0 aliphatic carbocycles. The maximum atomic E-state index is 12.7. The molecule has 25 heavy (non-hydrogen) atoms. The summed E-state index contributed by atoms with van der Waals surface area (Å²) in [5.74, 6) is 1.80. The average Bonchev–Trinajstić information content (AvgIpc) is 3.27. The van der Waals surface area contributed by atoms with Gasteiger partial charge in [0, 0.05) is 11.8 Å². The van der Waals surface area contributed by atoms with Gasteiger partial charge in [0.25, 0.3) is 5.91 Å². The minimum atomic E-state index is -0.222. The number of carbonyl (C=O) groups excluding carboxylic acids is 1. The molecule has 3 heterocycles. The molecule has 0 saturated heterocycles. The third-order valence-corrected chi connectivity index (χ3v) is 4.17. The average molecular weight is 338 g/mol. The molecule has 0 bridgehead atoms. The van der Waals surface area contributed by atoms with Gasteiger partial charge >= 0.3 is 0 Å². The first kappa shape index (κ1) is 15.4. The van der Waals surface area contributed by atoms with Crippen molar-refractivity contribution in [3.05, 3.63) is 54.0 Å². The van der Waals surface area contributed by atoms with Gasteiger partial charge in [-0.05, 0) is 36.8 Å². The summed E-state index contributed by atoms with van der Waals surface area (Å²) in [7, 11) is 0. The maximum Gasteiger partial charge on any atom is 0.252 e. The Labute approximate surface area is 144 Å². The summed E-state index contributed by atoms with van der Waals surface area (Å²) in [5, 5.41) is 11.5. The Morgan fingerprint density at radius 3 is 3.00 bits per heavy atom. The summed E-state index contributed by atoms with van der Waals surface area (Å²) < 4.78 is 12.5. The van der Waals surface area contributed by atoms with E-state index in [1.165, 1.54) is 0 Å². The Morgan fingerprint density at radius 1 is 1.24 bits per heavy atom. The number of rotatable bonds is 5. The predicted molar refractivity (Wildman–Crippen MR) is 90.7 cm³/mol. The molecule has 3 aromatic rings. The number of nitrogens with zero attached hydrogens (tertiary/aromatic N) is 3. The van der Waals surface area contributed by atoms with Crippen molar-refractivity contribution in [3.63, 3.8) is 0 Å². The minimum absolute atomic E-state index is 0.176. The Hall–Kier alpha value is -3.09. The molecule has 1 aliphatic heterocycles. The van der Waals surface area contributed by atoms with Gasteiger partial charge in [-0.15, -0.1) is 10.2 Å². The topological polar surface area (TPSA) is 77.8 Å². The van der Waals surface area contributed by atoms with Crippen molar-refractivity contribution >= 4 is 11.6 Å². The quantitative estimate of drug-likeness (QED) is 0.774. The van der Waals surface area contributed by atoms with Crippen molar-refractivity contribution in [1.29, 1.82) is 0 Å². The van der Waals surface area contributed by atoms with E-state index in [1.807, 2.05) is 28.8 Å². The molecule has 4 rings (SSSR count). The third kappa shape index (κ3) is 2.88. The molecule has 0 unspecified atom stereocenters. The van der Waals surface area contributed by atoms with Gasteiger partial charge in [-0.1, -0.05) is 19.4 Å². The predicted octanol–water partition coefficient (Wildman–Crippen LogP) is 2.73. The van der Waals surface area contributed by atoms with E-state index >= 15 is 0 Å². The third-order valence-electron chi connectivity index (χ3n) is 4.17. The van der Waals surface area contributed by atoms with Crippen LogP contribution in [0.15, 0.2) is 42.6 Å². The summed E-state index contributed by atoms with van der Waals surface area (Å²) in [6.07, 6.45) is 3.58. The molecule has 0 radical (unpaired) electrons. The van der Waals surface area contributed by atoms with E-state index in [-0.39, 0.29) is 18.7 Å². The molecule has 1 aliphatic rings. The lowest BCUT2D eigenvalue weighted by Crippen LogP contribution is -2.29. The van der Waals surface area contributed by atoms with E-state index in [2.05, 4.69) is 22.4 Å². The van der Waals surface area contributed by atoms with Gasteiger partial charge in [-0.25, -0.2) is 0 Å². The second-order valence-electron chi connectivity index (χ2n) is 5.87. The van der Waals surface area contributed by atoms with Crippen LogP contribution in [0.2, 0.25) is 0 Å². The van der Waals surface area contributed by atoms with E-state index in [0.29, 0.717) is 17.1 Å². The number of amides is 1. The van der Waals surface area contributed by atoms with Gasteiger partial charge < -0.3 is 14.8 Å². The molecular weight excluding hydrogens is 320 g/mol. The molecule has 1 N–H and O–H groups in total. The standard InChI is InChI=1S/C18H18N4O3/c1-2-5-13(17-21-20-16-6-3-4-9-22(16)17)19-18(23)12-7-8-14-15(10-12)25-11-24-14/h3-4,6-10,13H,2,5,11H2,1H3,(H,19,23)/t13-/m1/s1. The summed E-state index contributed by atoms with van der Waals surface area (Å²) in [4.78, 5) is 12.7. The van der Waals surface area contributed by atoms with Gasteiger partial charge in [0.05, 0.1) is 6.04 Å². The normalized spacial score (nSPS) is 13.8. The number of pyridine rings is 1. The second kappa shape index (κ2) is 6.43. The first-order valence-corrected chi connectivity index (χ1v) is 8.26. The van der Waals surface area contributed by atoms with Gasteiger partial charge in [0.1, 0.15) is 0 Å². The fraction of sp³-hybridized carbons (Fsp3) is 0.278. The summed E-state index contributed by atoms with van der Waals surface area (Å²) >= 11 is 0. The van der Waals surface area contributed by atoms with Crippen molar-refractivity contribution in [3.8, 4) is 11.5 Å². The largest absolute Gasteiger partial charge is 0.454 e. The van der Waals surface area contributed by atoms with Crippen molar-refractivity contribution in [2.24, 2.45) is 0 Å². The first-order chi connectivity index (χ1) is 12.3. The van der Waals surface area contributed by atoms with Gasteiger partial charge in [-0.2, -0.15) is 0 Å². The SMILES string of the molecule is CCC[C@@H](NC(=O)c1ccc2c(c1)OCO2)c1nnc2ccccn12. The molecule has 0 spiro atoms. The van der Waals surface area contributed by atoms with Crippen LogP contribution in [0.4, 0.5) is 0 Å². The van der Waals surface area contributed by atoms with Gasteiger partial charge in [0.15, 0.2) is 23.0 Å². The van der Waals surface area contributed by atoms with Crippen molar-refractivity contribution < 1.29 is 14.3 Å². The van der Waals surface area contributed by atoms with Crippen molar-refractivity contribution in [1.82, 2.24) is 19.9 Å². The van der Waals surface area contributed by atoms with Gasteiger partial charge in [-0.3, -0.25) is 9.20 Å². The summed E-state index contributed by atoms with van der Waals surface area (Å²) in [6, 6.07) is 10.7. The lowest BCUT2D eigenvalue weighted by molar-refractivity contribution is 0.0932. The van der Waals surface area contributed by atoms with E-state index in [9.17, 15) is 4.79 Å². The van der Waals surface area contributed by atoms with Crippen LogP contribution in [0.1, 0.15) is 42.0 Å². The van der Waals surface area contributed by atoms with Crippen molar-refractivity contribution in [2.45, 2.75) is 25.8 Å². The first-order valence-electron chi connectivity index (χ1n) is 8.26. The maximum absolute atomic E-state index is 12.7. The number of benzene rings is 1. The molecule has 7 nitrogen and oxygen atoms in total. The van der Waals surface area contributed by atoms with Crippen LogP contribution < -0.4 is 14.8 Å². The van der Waals surface area contributed by atoms with E-state index < -0.39 is 0 Å². The highest BCUT2D eigenvalue weighted by Gasteiger charge is 2.22. The highest BCUT2D eigenvalue weighted by Crippen LogP contribution is 2.32. The fourth-order valence-electron chi connectivity index (χ4n) is 2.93. The Kier molecular flexibility index (Phi) is 3.97. The number of hydrogen-bond donors (Lipinski definition) is 1. The minimum Gasteiger partial charge on any atom is -0.454 e. The van der Waals surface area contributed by atoms with Gasteiger partial charge in [0.2, 0.25) is 6.79 Å². The Balaban J connectivity index is 1.60. The molecule has 7 heteroatoms. The molecule has 1 aromatic carbocycles. The lowest BCUT2D eigenvalue weighted by atomic mass is 10.1. The van der Waals surface area contributed by atoms with Crippen LogP contribution in [-0.4, -0.2) is 27.3 Å². The number of fused-ring (bicyclic) bond motifs is 2.